The standard InChI is InChI=1S/C15H22N2O4/c1-19-13-4-3-12(11-14(13)20-2)15(18)16-5-6-17-7-9-21-10-8-17/h3-4,11H,5-10H2,1-2H3,(H,16,18)/p+1. The number of rotatable bonds is 6. The van der Waals surface area contributed by atoms with Gasteiger partial charge >= 0.3 is 0 Å². The molecule has 0 aromatic heterocycles. The molecule has 0 radical (unpaired) electrons. The Morgan fingerprint density at radius 2 is 1.95 bits per heavy atom. The fourth-order valence-electron chi connectivity index (χ4n) is 2.34. The highest BCUT2D eigenvalue weighted by molar-refractivity contribution is 5.94. The minimum atomic E-state index is -0.0939. The number of carbonyl (C=O) groups is 1. The zero-order valence-electron chi connectivity index (χ0n) is 12.6. The number of carbonyl (C=O) groups excluding carboxylic acids is 1. The summed E-state index contributed by atoms with van der Waals surface area (Å²) in [4.78, 5) is 13.6. The normalized spacial score (nSPS) is 15.5. The van der Waals surface area contributed by atoms with E-state index in [1.54, 1.807) is 32.4 Å². The van der Waals surface area contributed by atoms with Crippen molar-refractivity contribution in [3.63, 3.8) is 0 Å². The highest BCUT2D eigenvalue weighted by atomic mass is 16.5. The molecule has 0 aliphatic carbocycles. The molecular formula is C15H23N2O4+. The first-order chi connectivity index (χ1) is 10.2. The summed E-state index contributed by atoms with van der Waals surface area (Å²) in [6, 6.07) is 5.16. The third kappa shape index (κ3) is 4.34. The number of amides is 1. The minimum Gasteiger partial charge on any atom is -0.493 e. The van der Waals surface area contributed by atoms with E-state index in [0.29, 0.717) is 23.6 Å². The first-order valence-electron chi connectivity index (χ1n) is 7.16. The van der Waals surface area contributed by atoms with Crippen LogP contribution in [-0.4, -0.2) is 59.5 Å². The average molecular weight is 295 g/mol. The number of hydrogen-bond acceptors (Lipinski definition) is 4. The summed E-state index contributed by atoms with van der Waals surface area (Å²) >= 11 is 0. The van der Waals surface area contributed by atoms with E-state index < -0.39 is 0 Å². The molecule has 1 aliphatic heterocycles. The quantitative estimate of drug-likeness (QED) is 0.732. The van der Waals surface area contributed by atoms with Crippen molar-refractivity contribution in [3.8, 4) is 11.5 Å². The number of ether oxygens (including phenoxy) is 3. The van der Waals surface area contributed by atoms with Crippen molar-refractivity contribution in [2.75, 3.05) is 53.6 Å². The molecule has 0 saturated carbocycles. The summed E-state index contributed by atoms with van der Waals surface area (Å²) < 4.78 is 15.7. The van der Waals surface area contributed by atoms with Crippen LogP contribution in [0.1, 0.15) is 10.4 Å². The van der Waals surface area contributed by atoms with Gasteiger partial charge in [-0.25, -0.2) is 0 Å². The molecule has 1 heterocycles. The molecule has 2 N–H and O–H groups in total. The van der Waals surface area contributed by atoms with E-state index in [1.165, 1.54) is 4.90 Å². The molecule has 0 bridgehead atoms. The Balaban J connectivity index is 1.85. The third-order valence-electron chi connectivity index (χ3n) is 3.61. The Labute approximate surface area is 125 Å². The van der Waals surface area contributed by atoms with Gasteiger partial charge < -0.3 is 24.4 Å². The molecular weight excluding hydrogens is 272 g/mol. The van der Waals surface area contributed by atoms with E-state index in [0.717, 1.165) is 32.8 Å². The molecule has 0 spiro atoms. The highest BCUT2D eigenvalue weighted by Crippen LogP contribution is 2.27. The molecule has 1 fully saturated rings. The maximum atomic E-state index is 12.1. The summed E-state index contributed by atoms with van der Waals surface area (Å²) in [5, 5.41) is 2.94. The van der Waals surface area contributed by atoms with Crippen molar-refractivity contribution in [3.05, 3.63) is 23.8 Å². The zero-order valence-corrected chi connectivity index (χ0v) is 12.6. The van der Waals surface area contributed by atoms with Gasteiger partial charge in [0.15, 0.2) is 11.5 Å². The van der Waals surface area contributed by atoms with E-state index >= 15 is 0 Å². The monoisotopic (exact) mass is 295 g/mol. The molecule has 0 unspecified atom stereocenters. The second kappa shape index (κ2) is 7.85. The van der Waals surface area contributed by atoms with E-state index in [9.17, 15) is 4.79 Å². The first-order valence-corrected chi connectivity index (χ1v) is 7.16. The summed E-state index contributed by atoms with van der Waals surface area (Å²) in [5.74, 6) is 1.08. The van der Waals surface area contributed by atoms with Crippen LogP contribution in [0.15, 0.2) is 18.2 Å². The summed E-state index contributed by atoms with van der Waals surface area (Å²) in [5.41, 5.74) is 0.574. The van der Waals surface area contributed by atoms with Crippen molar-refractivity contribution in [2.45, 2.75) is 0 Å². The van der Waals surface area contributed by atoms with Crippen molar-refractivity contribution >= 4 is 5.91 Å². The van der Waals surface area contributed by atoms with Crippen LogP contribution in [0.5, 0.6) is 11.5 Å². The second-order valence-electron chi connectivity index (χ2n) is 4.94. The van der Waals surface area contributed by atoms with Crippen LogP contribution in [0.4, 0.5) is 0 Å². The van der Waals surface area contributed by atoms with Crippen LogP contribution in [0.25, 0.3) is 0 Å². The van der Waals surface area contributed by atoms with Crippen LogP contribution in [0, 0.1) is 0 Å². The largest absolute Gasteiger partial charge is 0.493 e. The summed E-state index contributed by atoms with van der Waals surface area (Å²) in [7, 11) is 3.13. The molecule has 1 aromatic carbocycles. The van der Waals surface area contributed by atoms with Gasteiger partial charge in [0.05, 0.1) is 40.5 Å². The third-order valence-corrected chi connectivity index (χ3v) is 3.61. The van der Waals surface area contributed by atoms with Gasteiger partial charge in [-0.2, -0.15) is 0 Å². The number of morpholine rings is 1. The Morgan fingerprint density at radius 3 is 2.62 bits per heavy atom. The van der Waals surface area contributed by atoms with Gasteiger partial charge in [0.1, 0.15) is 13.1 Å². The van der Waals surface area contributed by atoms with Crippen LogP contribution in [-0.2, 0) is 4.74 Å². The van der Waals surface area contributed by atoms with E-state index in [-0.39, 0.29) is 5.91 Å². The number of hydrogen-bond donors (Lipinski definition) is 2. The van der Waals surface area contributed by atoms with Gasteiger partial charge in [-0.1, -0.05) is 0 Å². The maximum Gasteiger partial charge on any atom is 0.251 e. The van der Waals surface area contributed by atoms with E-state index in [4.69, 9.17) is 14.2 Å². The van der Waals surface area contributed by atoms with Gasteiger partial charge in [-0.3, -0.25) is 4.79 Å². The lowest BCUT2D eigenvalue weighted by Gasteiger charge is -2.23. The van der Waals surface area contributed by atoms with E-state index in [1.807, 2.05) is 0 Å². The van der Waals surface area contributed by atoms with Gasteiger partial charge in [-0.05, 0) is 18.2 Å². The topological polar surface area (TPSA) is 61.2 Å². The average Bonchev–Trinajstić information content (AvgIpc) is 2.55. The fraction of sp³-hybridized carbons (Fsp3) is 0.533. The van der Waals surface area contributed by atoms with Gasteiger partial charge in [-0.15, -0.1) is 0 Å². The van der Waals surface area contributed by atoms with Crippen molar-refractivity contribution in [2.24, 2.45) is 0 Å². The fourth-order valence-corrected chi connectivity index (χ4v) is 2.34. The van der Waals surface area contributed by atoms with Crippen molar-refractivity contribution in [1.29, 1.82) is 0 Å². The number of quaternary nitrogens is 1. The van der Waals surface area contributed by atoms with E-state index in [2.05, 4.69) is 5.32 Å². The Morgan fingerprint density at radius 1 is 1.24 bits per heavy atom. The SMILES string of the molecule is COc1ccc(C(=O)NCC[NH+]2CCOCC2)cc1OC. The van der Waals surface area contributed by atoms with Crippen LogP contribution < -0.4 is 19.7 Å². The lowest BCUT2D eigenvalue weighted by molar-refractivity contribution is -0.906. The van der Waals surface area contributed by atoms with Crippen molar-refractivity contribution < 1.29 is 23.9 Å². The number of nitrogens with one attached hydrogen (secondary N) is 2. The molecule has 2 rings (SSSR count). The molecule has 6 heteroatoms. The molecule has 1 aliphatic rings. The Kier molecular flexibility index (Phi) is 5.83. The number of methoxy groups -OCH3 is 2. The molecule has 1 aromatic rings. The van der Waals surface area contributed by atoms with Crippen LogP contribution >= 0.6 is 0 Å². The minimum absolute atomic E-state index is 0.0939. The lowest BCUT2D eigenvalue weighted by Crippen LogP contribution is -3.14. The molecule has 1 amide bonds. The lowest BCUT2D eigenvalue weighted by atomic mass is 10.2. The molecule has 6 nitrogen and oxygen atoms in total. The zero-order chi connectivity index (χ0) is 15.1. The van der Waals surface area contributed by atoms with Gasteiger partial charge in [0.25, 0.3) is 5.91 Å². The predicted octanol–water partition coefficient (Wildman–Crippen LogP) is -0.651. The number of benzene rings is 1. The predicted molar refractivity (Wildman–Crippen MR) is 78.3 cm³/mol. The van der Waals surface area contributed by atoms with Gasteiger partial charge in [0.2, 0.25) is 0 Å². The Hall–Kier alpha value is -1.79. The molecule has 1 saturated heterocycles. The van der Waals surface area contributed by atoms with Crippen molar-refractivity contribution in [1.82, 2.24) is 5.32 Å². The second-order valence-corrected chi connectivity index (χ2v) is 4.94. The van der Waals surface area contributed by atoms with Crippen LogP contribution in [0.2, 0.25) is 0 Å². The van der Waals surface area contributed by atoms with Gasteiger partial charge in [0, 0.05) is 5.56 Å². The van der Waals surface area contributed by atoms with Crippen LogP contribution in [0.3, 0.4) is 0 Å². The smallest absolute Gasteiger partial charge is 0.251 e. The summed E-state index contributed by atoms with van der Waals surface area (Å²) in [6.07, 6.45) is 0. The summed E-state index contributed by atoms with van der Waals surface area (Å²) in [6.45, 7) is 5.20. The first kappa shape index (κ1) is 15.6. The molecule has 116 valence electrons. The highest BCUT2D eigenvalue weighted by Gasteiger charge is 2.14. The maximum absolute atomic E-state index is 12.1. The molecule has 0 atom stereocenters. The molecule has 21 heavy (non-hydrogen) atoms. The Bertz CT molecular complexity index is 473.